The smallest absolute Gasteiger partial charge is 0.314 e. The van der Waals surface area contributed by atoms with Crippen molar-refractivity contribution in [1.82, 2.24) is 10.6 Å². The van der Waals surface area contributed by atoms with Crippen molar-refractivity contribution in [3.05, 3.63) is 21.3 Å². The second kappa shape index (κ2) is 5.09. The molecule has 0 aliphatic rings. The fraction of sp³-hybridized carbons (Fsp3) is 0.375. The van der Waals surface area contributed by atoms with Crippen molar-refractivity contribution in [2.45, 2.75) is 6.42 Å². The van der Waals surface area contributed by atoms with Gasteiger partial charge >= 0.3 is 6.03 Å². The summed E-state index contributed by atoms with van der Waals surface area (Å²) >= 11 is 7.29. The number of carbonyl (C=O) groups excluding carboxylic acids is 1. The zero-order chi connectivity index (χ0) is 9.68. The largest absolute Gasteiger partial charge is 0.341 e. The van der Waals surface area contributed by atoms with E-state index >= 15 is 0 Å². The highest BCUT2D eigenvalue weighted by Crippen LogP contribution is 2.21. The van der Waals surface area contributed by atoms with Crippen LogP contribution in [0.25, 0.3) is 0 Å². The minimum absolute atomic E-state index is 0.150. The van der Waals surface area contributed by atoms with E-state index in [1.165, 1.54) is 4.88 Å². The van der Waals surface area contributed by atoms with Gasteiger partial charge in [0.2, 0.25) is 0 Å². The van der Waals surface area contributed by atoms with Crippen molar-refractivity contribution in [1.29, 1.82) is 0 Å². The topological polar surface area (TPSA) is 41.1 Å². The first-order valence-electron chi connectivity index (χ1n) is 3.92. The van der Waals surface area contributed by atoms with E-state index in [9.17, 15) is 4.79 Å². The molecule has 0 aliphatic carbocycles. The summed E-state index contributed by atoms with van der Waals surface area (Å²) in [6, 6.07) is 3.68. The predicted octanol–water partition coefficient (Wildman–Crippen LogP) is 1.87. The van der Waals surface area contributed by atoms with E-state index in [1.54, 1.807) is 18.4 Å². The summed E-state index contributed by atoms with van der Waals surface area (Å²) in [5, 5.41) is 5.19. The van der Waals surface area contributed by atoms with Crippen LogP contribution < -0.4 is 10.6 Å². The van der Waals surface area contributed by atoms with Gasteiger partial charge in [0.15, 0.2) is 0 Å². The molecule has 1 aromatic rings. The van der Waals surface area contributed by atoms with Crippen molar-refractivity contribution < 1.29 is 4.79 Å². The average molecular weight is 219 g/mol. The zero-order valence-corrected chi connectivity index (χ0v) is 8.84. The zero-order valence-electron chi connectivity index (χ0n) is 7.26. The van der Waals surface area contributed by atoms with Crippen molar-refractivity contribution in [3.8, 4) is 0 Å². The molecule has 5 heteroatoms. The summed E-state index contributed by atoms with van der Waals surface area (Å²) in [6.07, 6.45) is 0.824. The number of rotatable bonds is 3. The Hall–Kier alpha value is -0.740. The molecule has 0 radical (unpaired) electrons. The molecule has 2 N–H and O–H groups in total. The molecule has 2 amide bonds. The molecule has 0 aromatic carbocycles. The quantitative estimate of drug-likeness (QED) is 0.799. The van der Waals surface area contributed by atoms with Crippen molar-refractivity contribution in [2.24, 2.45) is 0 Å². The molecular formula is C8H11ClN2OS. The van der Waals surface area contributed by atoms with Gasteiger partial charge in [0, 0.05) is 18.5 Å². The highest BCUT2D eigenvalue weighted by molar-refractivity contribution is 7.16. The Morgan fingerprint density at radius 1 is 1.62 bits per heavy atom. The van der Waals surface area contributed by atoms with E-state index in [-0.39, 0.29) is 6.03 Å². The van der Waals surface area contributed by atoms with Crippen LogP contribution >= 0.6 is 22.9 Å². The molecule has 3 nitrogen and oxygen atoms in total. The van der Waals surface area contributed by atoms with Crippen LogP contribution in [0.1, 0.15) is 4.88 Å². The van der Waals surface area contributed by atoms with Crippen LogP contribution in [0.2, 0.25) is 4.34 Å². The van der Waals surface area contributed by atoms with Gasteiger partial charge in [-0.3, -0.25) is 0 Å². The van der Waals surface area contributed by atoms with E-state index < -0.39 is 0 Å². The van der Waals surface area contributed by atoms with Crippen LogP contribution in [-0.4, -0.2) is 19.6 Å². The molecule has 1 heterocycles. The predicted molar refractivity (Wildman–Crippen MR) is 55.5 cm³/mol. The van der Waals surface area contributed by atoms with E-state index in [2.05, 4.69) is 10.6 Å². The Labute approximate surface area is 86.1 Å². The number of carbonyl (C=O) groups is 1. The maximum absolute atomic E-state index is 10.8. The van der Waals surface area contributed by atoms with Gasteiger partial charge in [-0.05, 0) is 18.6 Å². The molecule has 72 valence electrons. The highest BCUT2D eigenvalue weighted by atomic mass is 35.5. The van der Waals surface area contributed by atoms with Crippen LogP contribution in [0.15, 0.2) is 12.1 Å². The molecule has 13 heavy (non-hydrogen) atoms. The summed E-state index contributed by atoms with van der Waals surface area (Å²) in [5.41, 5.74) is 0. The van der Waals surface area contributed by atoms with Crippen LogP contribution in [0.3, 0.4) is 0 Å². The third-order valence-electron chi connectivity index (χ3n) is 1.51. The standard InChI is InChI=1S/C8H11ClN2OS/c1-10-8(12)11-5-4-6-2-3-7(9)13-6/h2-3H,4-5H2,1H3,(H2,10,11,12). The molecular weight excluding hydrogens is 208 g/mol. The van der Waals surface area contributed by atoms with Gasteiger partial charge in [-0.25, -0.2) is 4.79 Å². The number of nitrogens with one attached hydrogen (secondary N) is 2. The molecule has 0 bridgehead atoms. The number of hydrogen-bond acceptors (Lipinski definition) is 2. The van der Waals surface area contributed by atoms with Gasteiger partial charge in [0.05, 0.1) is 4.34 Å². The Morgan fingerprint density at radius 3 is 2.92 bits per heavy atom. The average Bonchev–Trinajstić information content (AvgIpc) is 2.51. The number of thiophene rings is 1. The first-order chi connectivity index (χ1) is 6.22. The minimum atomic E-state index is -0.150. The lowest BCUT2D eigenvalue weighted by molar-refractivity contribution is 0.243. The summed E-state index contributed by atoms with van der Waals surface area (Å²) in [7, 11) is 1.59. The van der Waals surface area contributed by atoms with Crippen LogP contribution in [-0.2, 0) is 6.42 Å². The molecule has 0 saturated heterocycles. The Kier molecular flexibility index (Phi) is 4.05. The first-order valence-corrected chi connectivity index (χ1v) is 5.11. The fourth-order valence-corrected chi connectivity index (χ4v) is 1.96. The summed E-state index contributed by atoms with van der Waals surface area (Å²) < 4.78 is 0.787. The third-order valence-corrected chi connectivity index (χ3v) is 2.80. The Balaban J connectivity index is 2.24. The Morgan fingerprint density at radius 2 is 2.38 bits per heavy atom. The lowest BCUT2D eigenvalue weighted by atomic mass is 10.3. The SMILES string of the molecule is CNC(=O)NCCc1ccc(Cl)s1. The van der Waals surface area contributed by atoms with E-state index in [0.29, 0.717) is 6.54 Å². The van der Waals surface area contributed by atoms with Crippen LogP contribution in [0.5, 0.6) is 0 Å². The number of hydrogen-bond donors (Lipinski definition) is 2. The van der Waals surface area contributed by atoms with E-state index in [0.717, 1.165) is 10.8 Å². The van der Waals surface area contributed by atoms with Gasteiger partial charge < -0.3 is 10.6 Å². The lowest BCUT2D eigenvalue weighted by Gasteiger charge is -2.01. The summed E-state index contributed by atoms with van der Waals surface area (Å²) in [6.45, 7) is 0.635. The van der Waals surface area contributed by atoms with Crippen molar-refractivity contribution in [2.75, 3.05) is 13.6 Å². The van der Waals surface area contributed by atoms with Gasteiger partial charge in [-0.2, -0.15) is 0 Å². The second-order valence-corrected chi connectivity index (χ2v) is 4.26. The molecule has 1 aromatic heterocycles. The molecule has 0 aliphatic heterocycles. The number of halogens is 1. The minimum Gasteiger partial charge on any atom is -0.341 e. The summed E-state index contributed by atoms with van der Waals surface area (Å²) in [4.78, 5) is 11.9. The molecule has 0 unspecified atom stereocenters. The van der Waals surface area contributed by atoms with E-state index in [4.69, 9.17) is 11.6 Å². The monoisotopic (exact) mass is 218 g/mol. The van der Waals surface area contributed by atoms with Gasteiger partial charge in [0.25, 0.3) is 0 Å². The second-order valence-electron chi connectivity index (χ2n) is 2.46. The number of urea groups is 1. The molecule has 0 atom stereocenters. The fourth-order valence-electron chi connectivity index (χ4n) is 0.874. The lowest BCUT2D eigenvalue weighted by Crippen LogP contribution is -2.33. The molecule has 0 spiro atoms. The maximum atomic E-state index is 10.8. The summed E-state index contributed by atoms with van der Waals surface area (Å²) in [5.74, 6) is 0. The van der Waals surface area contributed by atoms with Crippen molar-refractivity contribution in [3.63, 3.8) is 0 Å². The van der Waals surface area contributed by atoms with Crippen LogP contribution in [0, 0.1) is 0 Å². The third kappa shape index (κ3) is 3.65. The van der Waals surface area contributed by atoms with Crippen LogP contribution in [0.4, 0.5) is 4.79 Å². The van der Waals surface area contributed by atoms with Gasteiger partial charge in [-0.1, -0.05) is 11.6 Å². The first kappa shape index (κ1) is 10.3. The highest BCUT2D eigenvalue weighted by Gasteiger charge is 1.99. The molecule has 0 saturated carbocycles. The van der Waals surface area contributed by atoms with Gasteiger partial charge in [0.1, 0.15) is 0 Å². The van der Waals surface area contributed by atoms with Gasteiger partial charge in [-0.15, -0.1) is 11.3 Å². The van der Waals surface area contributed by atoms with Crippen molar-refractivity contribution >= 4 is 29.0 Å². The van der Waals surface area contributed by atoms with E-state index in [1.807, 2.05) is 12.1 Å². The normalized spacial score (nSPS) is 9.69. The maximum Gasteiger partial charge on any atom is 0.314 e. The Bertz CT molecular complexity index is 287. The molecule has 1 rings (SSSR count). The number of amides is 2. The molecule has 0 fully saturated rings.